The summed E-state index contributed by atoms with van der Waals surface area (Å²) in [4.78, 5) is 35.1. The van der Waals surface area contributed by atoms with Crippen molar-refractivity contribution in [2.24, 2.45) is 5.73 Å². The first kappa shape index (κ1) is 18.2. The van der Waals surface area contributed by atoms with Crippen LogP contribution >= 0.6 is 0 Å². The van der Waals surface area contributed by atoms with E-state index in [-0.39, 0.29) is 6.61 Å². The van der Waals surface area contributed by atoms with Crippen LogP contribution in [0, 0.1) is 0 Å². The van der Waals surface area contributed by atoms with Crippen LogP contribution in [0.25, 0.3) is 0 Å². The van der Waals surface area contributed by atoms with Gasteiger partial charge in [0, 0.05) is 11.3 Å². The van der Waals surface area contributed by atoms with Crippen molar-refractivity contribution in [3.63, 3.8) is 0 Å². The maximum Gasteiger partial charge on any atom is 0.313 e. The van der Waals surface area contributed by atoms with Gasteiger partial charge in [0.25, 0.3) is 5.91 Å². The van der Waals surface area contributed by atoms with Gasteiger partial charge in [-0.1, -0.05) is 37.3 Å². The molecule has 0 saturated carbocycles. The molecular formula is C19H20N2O4. The summed E-state index contributed by atoms with van der Waals surface area (Å²) < 4.78 is 5.12. The molecule has 3 N–H and O–H groups in total. The summed E-state index contributed by atoms with van der Waals surface area (Å²) >= 11 is 0. The van der Waals surface area contributed by atoms with Gasteiger partial charge in [-0.15, -0.1) is 0 Å². The zero-order valence-electron chi connectivity index (χ0n) is 13.9. The van der Waals surface area contributed by atoms with E-state index in [9.17, 15) is 14.4 Å². The highest BCUT2D eigenvalue weighted by Crippen LogP contribution is 2.20. The Morgan fingerprint density at radius 2 is 1.68 bits per heavy atom. The summed E-state index contributed by atoms with van der Waals surface area (Å²) in [6, 6.07) is 15.4. The van der Waals surface area contributed by atoms with Gasteiger partial charge in [0.15, 0.2) is 6.61 Å². The molecule has 0 saturated heterocycles. The zero-order chi connectivity index (χ0) is 18.2. The van der Waals surface area contributed by atoms with Gasteiger partial charge in [0.2, 0.25) is 5.91 Å². The molecule has 0 aliphatic heterocycles. The van der Waals surface area contributed by atoms with Crippen LogP contribution in [0.2, 0.25) is 0 Å². The number of ether oxygens (including phenoxy) is 1. The zero-order valence-corrected chi connectivity index (χ0v) is 13.9. The van der Waals surface area contributed by atoms with Gasteiger partial charge in [-0.25, -0.2) is 0 Å². The number of esters is 1. The normalized spacial score (nSPS) is 11.4. The molecule has 0 unspecified atom stereocenters. The first-order valence-corrected chi connectivity index (χ1v) is 7.92. The molecule has 6 nitrogen and oxygen atoms in total. The first-order chi connectivity index (χ1) is 12.0. The number of nitrogens with one attached hydrogen (secondary N) is 1. The molecule has 0 spiro atoms. The molecule has 0 bridgehead atoms. The number of anilines is 1. The topological polar surface area (TPSA) is 98.5 Å². The monoisotopic (exact) mass is 340 g/mol. The van der Waals surface area contributed by atoms with E-state index in [1.165, 1.54) is 12.1 Å². The number of primary amides is 1. The van der Waals surface area contributed by atoms with E-state index in [1.807, 2.05) is 37.3 Å². The molecule has 0 fully saturated rings. The number of hydrogen-bond acceptors (Lipinski definition) is 4. The summed E-state index contributed by atoms with van der Waals surface area (Å²) in [6.45, 7) is 1.51. The van der Waals surface area contributed by atoms with Crippen molar-refractivity contribution in [1.82, 2.24) is 0 Å². The fourth-order valence-corrected chi connectivity index (χ4v) is 2.38. The van der Waals surface area contributed by atoms with E-state index < -0.39 is 23.7 Å². The summed E-state index contributed by atoms with van der Waals surface area (Å²) in [6.07, 6.45) is 0.582. The van der Waals surface area contributed by atoms with Gasteiger partial charge < -0.3 is 15.8 Å². The van der Waals surface area contributed by atoms with Gasteiger partial charge >= 0.3 is 5.97 Å². The van der Waals surface area contributed by atoms with Crippen molar-refractivity contribution >= 4 is 23.5 Å². The van der Waals surface area contributed by atoms with Gasteiger partial charge in [-0.3, -0.25) is 14.4 Å². The number of hydrogen-bond donors (Lipinski definition) is 2. The third kappa shape index (κ3) is 5.17. The van der Waals surface area contributed by atoms with E-state index in [1.54, 1.807) is 12.1 Å². The average molecular weight is 340 g/mol. The molecule has 25 heavy (non-hydrogen) atoms. The van der Waals surface area contributed by atoms with E-state index in [0.717, 1.165) is 5.56 Å². The minimum atomic E-state index is -0.543. The van der Waals surface area contributed by atoms with Crippen molar-refractivity contribution in [1.29, 1.82) is 0 Å². The van der Waals surface area contributed by atoms with E-state index in [4.69, 9.17) is 10.5 Å². The number of amides is 2. The third-order valence-electron chi connectivity index (χ3n) is 3.69. The Kier molecular flexibility index (Phi) is 6.28. The number of carbonyl (C=O) groups excluding carboxylic acids is 3. The highest BCUT2D eigenvalue weighted by atomic mass is 16.5. The van der Waals surface area contributed by atoms with Crippen LogP contribution in [0.3, 0.4) is 0 Å². The Hall–Kier alpha value is -3.15. The molecule has 6 heteroatoms. The van der Waals surface area contributed by atoms with Gasteiger partial charge in [-0.05, 0) is 36.2 Å². The van der Waals surface area contributed by atoms with Crippen molar-refractivity contribution < 1.29 is 19.1 Å². The van der Waals surface area contributed by atoms with Crippen LogP contribution < -0.4 is 11.1 Å². The molecule has 2 amide bonds. The largest absolute Gasteiger partial charge is 0.455 e. The predicted molar refractivity (Wildman–Crippen MR) is 94.0 cm³/mol. The second-order valence-corrected chi connectivity index (χ2v) is 5.47. The summed E-state index contributed by atoms with van der Waals surface area (Å²) in [5, 5.41) is 2.59. The summed E-state index contributed by atoms with van der Waals surface area (Å²) in [7, 11) is 0. The van der Waals surface area contributed by atoms with Crippen molar-refractivity contribution in [2.45, 2.75) is 19.3 Å². The lowest BCUT2D eigenvalue weighted by Gasteiger charge is -2.14. The molecule has 0 heterocycles. The molecule has 1 atom stereocenters. The highest BCUT2D eigenvalue weighted by Gasteiger charge is 2.20. The van der Waals surface area contributed by atoms with E-state index >= 15 is 0 Å². The minimum absolute atomic E-state index is 0.345. The number of carbonyl (C=O) groups is 3. The predicted octanol–water partition coefficient (Wildman–Crippen LogP) is 2.46. The van der Waals surface area contributed by atoms with Crippen LogP contribution in [-0.2, 0) is 14.3 Å². The molecule has 2 aromatic rings. The lowest BCUT2D eigenvalue weighted by molar-refractivity contribution is -0.149. The van der Waals surface area contributed by atoms with Crippen LogP contribution in [0.1, 0.15) is 35.2 Å². The quantitative estimate of drug-likeness (QED) is 0.756. The Bertz CT molecular complexity index is 742. The first-order valence-electron chi connectivity index (χ1n) is 7.92. The molecular weight excluding hydrogens is 320 g/mol. The van der Waals surface area contributed by atoms with Crippen molar-refractivity contribution in [3.8, 4) is 0 Å². The van der Waals surface area contributed by atoms with Crippen molar-refractivity contribution in [3.05, 3.63) is 65.7 Å². The lowest BCUT2D eigenvalue weighted by Crippen LogP contribution is -2.24. The number of rotatable bonds is 7. The highest BCUT2D eigenvalue weighted by molar-refractivity contribution is 5.95. The SMILES string of the molecule is CC[C@H](C(=O)OCC(=O)Nc1ccc(C(N)=O)cc1)c1ccccc1. The fourth-order valence-electron chi connectivity index (χ4n) is 2.38. The Morgan fingerprint density at radius 3 is 2.24 bits per heavy atom. The second kappa shape index (κ2) is 8.63. The van der Waals surface area contributed by atoms with Gasteiger partial charge in [0.1, 0.15) is 0 Å². The average Bonchev–Trinajstić information content (AvgIpc) is 2.62. The fraction of sp³-hybridized carbons (Fsp3) is 0.211. The van der Waals surface area contributed by atoms with Crippen molar-refractivity contribution in [2.75, 3.05) is 11.9 Å². The second-order valence-electron chi connectivity index (χ2n) is 5.47. The molecule has 0 radical (unpaired) electrons. The molecule has 130 valence electrons. The molecule has 0 aliphatic rings. The lowest BCUT2D eigenvalue weighted by atomic mass is 9.97. The smallest absolute Gasteiger partial charge is 0.313 e. The number of nitrogens with two attached hydrogens (primary N) is 1. The standard InChI is InChI=1S/C19H20N2O4/c1-2-16(13-6-4-3-5-7-13)19(24)25-12-17(22)21-15-10-8-14(9-11-15)18(20)23/h3-11,16H,2,12H2,1H3,(H2,20,23)(H,21,22)/t16-/m0/s1. The maximum absolute atomic E-state index is 12.2. The Balaban J connectivity index is 1.88. The van der Waals surface area contributed by atoms with Crippen LogP contribution in [0.15, 0.2) is 54.6 Å². The molecule has 2 aromatic carbocycles. The van der Waals surface area contributed by atoms with E-state index in [0.29, 0.717) is 17.7 Å². The van der Waals surface area contributed by atoms with Gasteiger partial charge in [0.05, 0.1) is 5.92 Å². The Morgan fingerprint density at radius 1 is 1.04 bits per heavy atom. The van der Waals surface area contributed by atoms with Crippen LogP contribution in [-0.4, -0.2) is 24.4 Å². The molecule has 0 aromatic heterocycles. The number of benzene rings is 2. The van der Waals surface area contributed by atoms with E-state index in [2.05, 4.69) is 5.32 Å². The Labute approximate surface area is 146 Å². The summed E-state index contributed by atoms with van der Waals surface area (Å²) in [5.41, 5.74) is 6.84. The van der Waals surface area contributed by atoms with Crippen LogP contribution in [0.4, 0.5) is 5.69 Å². The summed E-state index contributed by atoms with van der Waals surface area (Å²) in [5.74, 6) is -1.84. The van der Waals surface area contributed by atoms with Crippen LogP contribution in [0.5, 0.6) is 0 Å². The molecule has 0 aliphatic carbocycles. The third-order valence-corrected chi connectivity index (χ3v) is 3.69. The maximum atomic E-state index is 12.2. The van der Waals surface area contributed by atoms with Gasteiger partial charge in [-0.2, -0.15) is 0 Å². The molecule has 2 rings (SSSR count). The minimum Gasteiger partial charge on any atom is -0.455 e.